The number of rotatable bonds is 3. The van der Waals surface area contributed by atoms with Gasteiger partial charge in [-0.25, -0.2) is 14.4 Å². The summed E-state index contributed by atoms with van der Waals surface area (Å²) in [5.41, 5.74) is 7.68. The first-order valence-corrected chi connectivity index (χ1v) is 10.3. The number of aromatic hydroxyl groups is 1. The van der Waals surface area contributed by atoms with E-state index in [-0.39, 0.29) is 5.75 Å². The average molecular weight is 436 g/mol. The lowest BCUT2D eigenvalue weighted by molar-refractivity contribution is 0.469. The van der Waals surface area contributed by atoms with Gasteiger partial charge in [0.15, 0.2) is 0 Å². The number of phenols is 1. The van der Waals surface area contributed by atoms with Gasteiger partial charge in [0.25, 0.3) is 0 Å². The van der Waals surface area contributed by atoms with E-state index < -0.39 is 5.82 Å². The van der Waals surface area contributed by atoms with E-state index in [1.54, 1.807) is 24.7 Å². The van der Waals surface area contributed by atoms with Gasteiger partial charge in [0, 0.05) is 35.6 Å². The van der Waals surface area contributed by atoms with Gasteiger partial charge in [0.05, 0.1) is 16.9 Å². The highest BCUT2D eigenvalue weighted by atomic mass is 19.1. The summed E-state index contributed by atoms with van der Waals surface area (Å²) in [5.74, 6) is -0.641. The molecule has 6 rings (SSSR count). The van der Waals surface area contributed by atoms with Gasteiger partial charge in [-0.05, 0) is 66.1 Å². The van der Waals surface area contributed by atoms with Crippen molar-refractivity contribution in [1.29, 1.82) is 0 Å². The van der Waals surface area contributed by atoms with Crippen molar-refractivity contribution < 1.29 is 9.50 Å². The van der Waals surface area contributed by atoms with Crippen molar-refractivity contribution in [3.8, 4) is 39.5 Å². The molecule has 5 aromatic heterocycles. The highest BCUT2D eigenvalue weighted by Crippen LogP contribution is 2.34. The second kappa shape index (κ2) is 7.23. The number of phenolic OH excluding ortho intramolecular Hbond substituents is 1. The molecule has 0 saturated heterocycles. The first-order valence-electron chi connectivity index (χ1n) is 10.3. The smallest absolute Gasteiger partial charge is 0.138 e. The van der Waals surface area contributed by atoms with Crippen molar-refractivity contribution in [2.45, 2.75) is 6.92 Å². The predicted molar refractivity (Wildman–Crippen MR) is 124 cm³/mol. The van der Waals surface area contributed by atoms with E-state index in [1.807, 2.05) is 31.2 Å². The summed E-state index contributed by atoms with van der Waals surface area (Å²) < 4.78 is 13.9. The summed E-state index contributed by atoms with van der Waals surface area (Å²) in [6.07, 6.45) is 5.20. The minimum atomic E-state index is -0.508. The van der Waals surface area contributed by atoms with Crippen LogP contribution >= 0.6 is 0 Å². The standard InChI is InChI=1S/C25H17FN6O/c1-13-4-6-27-12-19(13)20-2-3-21-23(29-20)24(32-31-21)22-11-18-17(5-7-28-25(18)30-22)14-8-15(26)10-16(33)9-14/h2-12,33H,1H3,(H,28,30)(H,31,32). The van der Waals surface area contributed by atoms with Gasteiger partial charge in [0.2, 0.25) is 0 Å². The summed E-state index contributed by atoms with van der Waals surface area (Å²) in [6.45, 7) is 2.02. The van der Waals surface area contributed by atoms with E-state index in [9.17, 15) is 9.50 Å². The van der Waals surface area contributed by atoms with Gasteiger partial charge in [-0.3, -0.25) is 10.1 Å². The molecule has 0 fully saturated rings. The van der Waals surface area contributed by atoms with Crippen molar-refractivity contribution in [1.82, 2.24) is 30.1 Å². The minimum Gasteiger partial charge on any atom is -0.508 e. The lowest BCUT2D eigenvalue weighted by atomic mass is 10.0. The number of hydrogen-bond acceptors (Lipinski definition) is 5. The monoisotopic (exact) mass is 436 g/mol. The molecule has 33 heavy (non-hydrogen) atoms. The zero-order chi connectivity index (χ0) is 22.5. The third-order valence-corrected chi connectivity index (χ3v) is 5.70. The number of aryl methyl sites for hydroxylation is 1. The maximum absolute atomic E-state index is 13.9. The van der Waals surface area contributed by atoms with Crippen molar-refractivity contribution >= 4 is 22.1 Å². The van der Waals surface area contributed by atoms with E-state index in [1.165, 1.54) is 12.1 Å². The van der Waals surface area contributed by atoms with Gasteiger partial charge in [-0.1, -0.05) is 0 Å². The van der Waals surface area contributed by atoms with E-state index in [2.05, 4.69) is 25.1 Å². The Hall–Kier alpha value is -4.59. The normalized spacial score (nSPS) is 11.5. The Labute approximate surface area is 187 Å². The molecule has 0 unspecified atom stereocenters. The second-order valence-electron chi connectivity index (χ2n) is 7.86. The summed E-state index contributed by atoms with van der Waals surface area (Å²) in [5, 5.41) is 18.2. The summed E-state index contributed by atoms with van der Waals surface area (Å²) in [6, 6.07) is 13.5. The van der Waals surface area contributed by atoms with Crippen LogP contribution in [-0.4, -0.2) is 35.2 Å². The van der Waals surface area contributed by atoms with E-state index in [0.29, 0.717) is 22.4 Å². The van der Waals surface area contributed by atoms with Crippen molar-refractivity contribution in [2.75, 3.05) is 0 Å². The fraction of sp³-hybridized carbons (Fsp3) is 0.0400. The number of nitrogens with one attached hydrogen (secondary N) is 2. The van der Waals surface area contributed by atoms with E-state index in [0.717, 1.165) is 45.0 Å². The molecule has 160 valence electrons. The quantitative estimate of drug-likeness (QED) is 0.345. The molecule has 0 aliphatic heterocycles. The fourth-order valence-electron chi connectivity index (χ4n) is 4.10. The summed E-state index contributed by atoms with van der Waals surface area (Å²) in [7, 11) is 0. The highest BCUT2D eigenvalue weighted by Gasteiger charge is 2.17. The molecule has 0 aliphatic carbocycles. The number of pyridine rings is 3. The lowest BCUT2D eigenvalue weighted by Crippen LogP contribution is -1.89. The third kappa shape index (κ3) is 3.20. The maximum Gasteiger partial charge on any atom is 0.138 e. The zero-order valence-electron chi connectivity index (χ0n) is 17.5. The molecular weight excluding hydrogens is 419 g/mol. The maximum atomic E-state index is 13.9. The van der Waals surface area contributed by atoms with Crippen LogP contribution in [0, 0.1) is 12.7 Å². The number of halogens is 1. The van der Waals surface area contributed by atoms with Crippen LogP contribution in [0.4, 0.5) is 4.39 Å². The van der Waals surface area contributed by atoms with Crippen LogP contribution < -0.4 is 0 Å². The molecule has 0 saturated carbocycles. The predicted octanol–water partition coefficient (Wildman–Crippen LogP) is 5.38. The zero-order valence-corrected chi connectivity index (χ0v) is 17.5. The molecule has 0 amide bonds. The number of nitrogens with zero attached hydrogens (tertiary/aromatic N) is 4. The topological polar surface area (TPSA) is 103 Å². The lowest BCUT2D eigenvalue weighted by Gasteiger charge is -2.04. The van der Waals surface area contributed by atoms with Gasteiger partial charge < -0.3 is 10.1 Å². The van der Waals surface area contributed by atoms with Crippen LogP contribution in [0.3, 0.4) is 0 Å². The molecular formula is C25H17FN6O. The van der Waals surface area contributed by atoms with Crippen molar-refractivity contribution in [2.24, 2.45) is 0 Å². The molecule has 0 radical (unpaired) electrons. The number of aromatic amines is 2. The Balaban J connectivity index is 1.52. The SMILES string of the molecule is Cc1ccncc1-c1ccc2[nH]nc(-c3cc4c(-c5cc(O)cc(F)c5)ccnc4[nH]3)c2n1. The first kappa shape index (κ1) is 19.1. The Bertz CT molecular complexity index is 1650. The third-order valence-electron chi connectivity index (χ3n) is 5.70. The highest BCUT2D eigenvalue weighted by molar-refractivity contribution is 5.99. The second-order valence-corrected chi connectivity index (χ2v) is 7.86. The summed E-state index contributed by atoms with van der Waals surface area (Å²) in [4.78, 5) is 16.8. The minimum absolute atomic E-state index is 0.133. The largest absolute Gasteiger partial charge is 0.508 e. The Kier molecular flexibility index (Phi) is 4.19. The molecule has 0 aliphatic rings. The molecule has 1 aromatic carbocycles. The van der Waals surface area contributed by atoms with Crippen LogP contribution in [-0.2, 0) is 0 Å². The number of fused-ring (bicyclic) bond motifs is 2. The van der Waals surface area contributed by atoms with Crippen molar-refractivity contribution in [3.63, 3.8) is 0 Å². The molecule has 3 N–H and O–H groups in total. The van der Waals surface area contributed by atoms with Gasteiger partial charge in [-0.2, -0.15) is 5.10 Å². The van der Waals surface area contributed by atoms with E-state index >= 15 is 0 Å². The van der Waals surface area contributed by atoms with Crippen LogP contribution in [0.25, 0.3) is 55.8 Å². The first-order chi connectivity index (χ1) is 16.1. The van der Waals surface area contributed by atoms with Crippen LogP contribution in [0.5, 0.6) is 5.75 Å². The van der Waals surface area contributed by atoms with Crippen LogP contribution in [0.1, 0.15) is 5.56 Å². The molecule has 8 heteroatoms. The number of H-pyrrole nitrogens is 2. The Morgan fingerprint density at radius 2 is 1.88 bits per heavy atom. The molecule has 6 aromatic rings. The van der Waals surface area contributed by atoms with Gasteiger partial charge >= 0.3 is 0 Å². The number of aromatic nitrogens is 6. The van der Waals surface area contributed by atoms with Crippen molar-refractivity contribution in [3.05, 3.63) is 78.5 Å². The molecule has 0 atom stereocenters. The fourth-order valence-corrected chi connectivity index (χ4v) is 4.10. The Morgan fingerprint density at radius 3 is 2.73 bits per heavy atom. The van der Waals surface area contributed by atoms with Crippen LogP contribution in [0.2, 0.25) is 0 Å². The number of benzene rings is 1. The van der Waals surface area contributed by atoms with Crippen LogP contribution in [0.15, 0.2) is 67.1 Å². The van der Waals surface area contributed by atoms with E-state index in [4.69, 9.17) is 4.98 Å². The summed E-state index contributed by atoms with van der Waals surface area (Å²) >= 11 is 0. The molecule has 5 heterocycles. The molecule has 0 spiro atoms. The number of hydrogen-bond donors (Lipinski definition) is 3. The van der Waals surface area contributed by atoms with Gasteiger partial charge in [0.1, 0.15) is 28.4 Å². The Morgan fingerprint density at radius 1 is 0.970 bits per heavy atom. The molecule has 7 nitrogen and oxygen atoms in total. The average Bonchev–Trinajstić information content (AvgIpc) is 3.42. The molecule has 0 bridgehead atoms. The van der Waals surface area contributed by atoms with Gasteiger partial charge in [-0.15, -0.1) is 0 Å².